The quantitative estimate of drug-likeness (QED) is 0.772. The molecule has 0 bridgehead atoms. The molecular weight excluding hydrogens is 164 g/mol. The predicted molar refractivity (Wildman–Crippen MR) is 53.0 cm³/mol. The molecule has 1 heterocycles. The molecule has 72 valence electrons. The summed E-state index contributed by atoms with van der Waals surface area (Å²) in [5.74, 6) is 1.27. The van der Waals surface area contributed by atoms with E-state index in [1.807, 2.05) is 0 Å². The average Bonchev–Trinajstić information content (AvgIpc) is 2.55. The van der Waals surface area contributed by atoms with E-state index in [1.165, 1.54) is 6.39 Å². The zero-order valence-electron chi connectivity index (χ0n) is 8.37. The van der Waals surface area contributed by atoms with Gasteiger partial charge in [-0.1, -0.05) is 20.4 Å². The Kier molecular flexibility index (Phi) is 3.12. The Hall–Kier alpha value is -1.25. The highest BCUT2D eigenvalue weighted by atomic mass is 16.3. The Bertz CT molecular complexity index is 264. The average molecular weight is 180 g/mol. The summed E-state index contributed by atoms with van der Waals surface area (Å²) >= 11 is 0. The first-order chi connectivity index (χ1) is 6.11. The second-order valence-electron chi connectivity index (χ2n) is 3.52. The van der Waals surface area contributed by atoms with E-state index >= 15 is 0 Å². The molecule has 0 saturated carbocycles. The van der Waals surface area contributed by atoms with E-state index in [-0.39, 0.29) is 0 Å². The van der Waals surface area contributed by atoms with Crippen molar-refractivity contribution < 1.29 is 4.42 Å². The molecule has 3 heteroatoms. The first-order valence-corrected chi connectivity index (χ1v) is 4.45. The van der Waals surface area contributed by atoms with Crippen LogP contribution in [0.5, 0.6) is 0 Å². The van der Waals surface area contributed by atoms with Crippen molar-refractivity contribution in [3.63, 3.8) is 0 Å². The van der Waals surface area contributed by atoms with Crippen molar-refractivity contribution in [3.8, 4) is 0 Å². The molecule has 1 aromatic heterocycles. The van der Waals surface area contributed by atoms with Gasteiger partial charge in [0.25, 0.3) is 0 Å². The number of aromatic nitrogens is 1. The number of hydrogen-bond donors (Lipinski definition) is 1. The van der Waals surface area contributed by atoms with E-state index in [4.69, 9.17) is 4.42 Å². The fourth-order valence-corrected chi connectivity index (χ4v) is 0.877. The van der Waals surface area contributed by atoms with Gasteiger partial charge in [0.1, 0.15) is 0 Å². The number of oxazole rings is 1. The second kappa shape index (κ2) is 4.12. The SMILES string of the molecule is C=C(N[C@H](C)C(C)C)c1cnco1. The van der Waals surface area contributed by atoms with Crippen LogP contribution in [0.25, 0.3) is 5.70 Å². The number of hydrogen-bond acceptors (Lipinski definition) is 3. The first kappa shape index (κ1) is 9.84. The van der Waals surface area contributed by atoms with E-state index in [0.717, 1.165) is 5.70 Å². The Balaban J connectivity index is 2.52. The Labute approximate surface area is 78.9 Å². The normalized spacial score (nSPS) is 12.9. The molecule has 0 aromatic carbocycles. The van der Waals surface area contributed by atoms with Gasteiger partial charge in [-0.25, -0.2) is 4.98 Å². The standard InChI is InChI=1S/C10H16N2O/c1-7(2)8(3)12-9(4)10-5-11-6-13-10/h5-8,12H,4H2,1-3H3/t8-/m1/s1. The minimum atomic E-state index is 0.387. The highest BCUT2D eigenvalue weighted by Gasteiger charge is 2.09. The molecular formula is C10H16N2O. The molecule has 1 atom stereocenters. The summed E-state index contributed by atoms with van der Waals surface area (Å²) in [7, 11) is 0. The van der Waals surface area contributed by atoms with Gasteiger partial charge in [-0.15, -0.1) is 0 Å². The fourth-order valence-electron chi connectivity index (χ4n) is 0.877. The van der Waals surface area contributed by atoms with Crippen molar-refractivity contribution >= 4 is 5.70 Å². The van der Waals surface area contributed by atoms with Gasteiger partial charge >= 0.3 is 0 Å². The van der Waals surface area contributed by atoms with E-state index in [1.54, 1.807) is 6.20 Å². The molecule has 3 nitrogen and oxygen atoms in total. The molecule has 13 heavy (non-hydrogen) atoms. The lowest BCUT2D eigenvalue weighted by molar-refractivity contribution is 0.469. The molecule has 0 aliphatic carbocycles. The minimum absolute atomic E-state index is 0.387. The molecule has 1 aromatic rings. The molecule has 0 spiro atoms. The van der Waals surface area contributed by atoms with Crippen LogP contribution < -0.4 is 5.32 Å². The fraction of sp³-hybridized carbons (Fsp3) is 0.500. The third-order valence-corrected chi connectivity index (χ3v) is 2.13. The van der Waals surface area contributed by atoms with Gasteiger partial charge in [-0.3, -0.25) is 0 Å². The molecule has 0 aliphatic rings. The van der Waals surface area contributed by atoms with Crippen LogP contribution in [0.1, 0.15) is 26.5 Å². The van der Waals surface area contributed by atoms with Crippen LogP contribution in [0.15, 0.2) is 23.6 Å². The maximum absolute atomic E-state index is 5.10. The van der Waals surface area contributed by atoms with E-state index in [9.17, 15) is 0 Å². The summed E-state index contributed by atoms with van der Waals surface area (Å²) in [5, 5.41) is 3.25. The Morgan fingerprint density at radius 3 is 2.69 bits per heavy atom. The third kappa shape index (κ3) is 2.61. The highest BCUT2D eigenvalue weighted by Crippen LogP contribution is 2.10. The van der Waals surface area contributed by atoms with Crippen molar-refractivity contribution in [2.24, 2.45) is 5.92 Å². The summed E-state index contributed by atoms with van der Waals surface area (Å²) in [6, 6.07) is 0.387. The van der Waals surface area contributed by atoms with Gasteiger partial charge in [-0.05, 0) is 12.8 Å². The predicted octanol–water partition coefficient (Wildman–Crippen LogP) is 2.28. The van der Waals surface area contributed by atoms with Crippen LogP contribution in [-0.2, 0) is 0 Å². The van der Waals surface area contributed by atoms with Crippen molar-refractivity contribution in [2.45, 2.75) is 26.8 Å². The van der Waals surface area contributed by atoms with Crippen LogP contribution in [0.4, 0.5) is 0 Å². The van der Waals surface area contributed by atoms with Crippen molar-refractivity contribution in [2.75, 3.05) is 0 Å². The molecule has 0 radical (unpaired) electrons. The highest BCUT2D eigenvalue weighted by molar-refractivity contribution is 5.55. The largest absolute Gasteiger partial charge is 0.442 e. The molecule has 0 saturated heterocycles. The third-order valence-electron chi connectivity index (χ3n) is 2.13. The summed E-state index contributed by atoms with van der Waals surface area (Å²) in [5.41, 5.74) is 0.790. The summed E-state index contributed by atoms with van der Waals surface area (Å²) in [6.07, 6.45) is 3.06. The lowest BCUT2D eigenvalue weighted by Gasteiger charge is -2.18. The van der Waals surface area contributed by atoms with Gasteiger partial charge in [0.15, 0.2) is 12.2 Å². The van der Waals surface area contributed by atoms with Crippen molar-refractivity contribution in [1.82, 2.24) is 10.3 Å². The second-order valence-corrected chi connectivity index (χ2v) is 3.52. The number of nitrogens with zero attached hydrogens (tertiary/aromatic N) is 1. The van der Waals surface area contributed by atoms with Gasteiger partial charge in [-0.2, -0.15) is 0 Å². The summed E-state index contributed by atoms with van der Waals surface area (Å²) in [4.78, 5) is 3.83. The van der Waals surface area contributed by atoms with Crippen LogP contribution >= 0.6 is 0 Å². The lowest BCUT2D eigenvalue weighted by atomic mass is 10.1. The van der Waals surface area contributed by atoms with Gasteiger partial charge < -0.3 is 9.73 Å². The van der Waals surface area contributed by atoms with E-state index < -0.39 is 0 Å². The minimum Gasteiger partial charge on any atom is -0.442 e. The van der Waals surface area contributed by atoms with Crippen LogP contribution in [-0.4, -0.2) is 11.0 Å². The molecule has 0 fully saturated rings. The summed E-state index contributed by atoms with van der Waals surface area (Å²) < 4.78 is 5.10. The molecule has 0 aliphatic heterocycles. The summed E-state index contributed by atoms with van der Waals surface area (Å²) in [6.45, 7) is 10.3. The number of rotatable bonds is 4. The Morgan fingerprint density at radius 2 is 2.23 bits per heavy atom. The molecule has 0 amide bonds. The first-order valence-electron chi connectivity index (χ1n) is 4.45. The van der Waals surface area contributed by atoms with Crippen molar-refractivity contribution in [1.29, 1.82) is 0 Å². The molecule has 0 unspecified atom stereocenters. The van der Waals surface area contributed by atoms with Gasteiger partial charge in [0, 0.05) is 6.04 Å². The lowest BCUT2D eigenvalue weighted by Crippen LogP contribution is -2.28. The zero-order valence-corrected chi connectivity index (χ0v) is 8.37. The van der Waals surface area contributed by atoms with Crippen LogP contribution in [0.3, 0.4) is 0 Å². The monoisotopic (exact) mass is 180 g/mol. The maximum Gasteiger partial charge on any atom is 0.181 e. The molecule has 1 N–H and O–H groups in total. The van der Waals surface area contributed by atoms with E-state index in [0.29, 0.717) is 17.7 Å². The van der Waals surface area contributed by atoms with Crippen LogP contribution in [0.2, 0.25) is 0 Å². The van der Waals surface area contributed by atoms with Crippen LogP contribution in [0, 0.1) is 5.92 Å². The van der Waals surface area contributed by atoms with Crippen molar-refractivity contribution in [3.05, 3.63) is 24.9 Å². The van der Waals surface area contributed by atoms with Gasteiger partial charge in [0.2, 0.25) is 0 Å². The van der Waals surface area contributed by atoms with Gasteiger partial charge in [0.05, 0.1) is 11.9 Å². The Morgan fingerprint density at radius 1 is 1.54 bits per heavy atom. The zero-order chi connectivity index (χ0) is 9.84. The van der Waals surface area contributed by atoms with E-state index in [2.05, 4.69) is 37.7 Å². The maximum atomic E-state index is 5.10. The smallest absolute Gasteiger partial charge is 0.181 e. The topological polar surface area (TPSA) is 38.1 Å². The molecule has 1 rings (SSSR count). The number of nitrogens with one attached hydrogen (secondary N) is 1.